The maximum Gasteiger partial charge on any atom is 0.197 e. The van der Waals surface area contributed by atoms with Crippen molar-refractivity contribution in [1.82, 2.24) is 0 Å². The monoisotopic (exact) mass is 226 g/mol. The minimum atomic E-state index is -0.572. The quantitative estimate of drug-likeness (QED) is 0.552. The number of methoxy groups -OCH3 is 1. The highest BCUT2D eigenvalue weighted by Crippen LogP contribution is 2.31. The second-order valence-corrected chi connectivity index (χ2v) is 3.35. The van der Waals surface area contributed by atoms with Gasteiger partial charge in [-0.2, -0.15) is 0 Å². The lowest BCUT2D eigenvalue weighted by atomic mass is 10.2. The summed E-state index contributed by atoms with van der Waals surface area (Å²) in [6.45, 7) is 2.46. The standard InChI is InChI=1S/C12H15FO3/c1-3-4-5-16-12-10(13)6-9(8-14)7-11(12)15-2/h6-8H,3-5H2,1-2H3. The van der Waals surface area contributed by atoms with Crippen molar-refractivity contribution < 1.29 is 18.7 Å². The highest BCUT2D eigenvalue weighted by atomic mass is 19.1. The van der Waals surface area contributed by atoms with Crippen LogP contribution in [0.15, 0.2) is 12.1 Å². The molecule has 16 heavy (non-hydrogen) atoms. The van der Waals surface area contributed by atoms with E-state index in [4.69, 9.17) is 9.47 Å². The Morgan fingerprint density at radius 3 is 2.75 bits per heavy atom. The first-order chi connectivity index (χ1) is 7.72. The van der Waals surface area contributed by atoms with Crippen LogP contribution in [0.5, 0.6) is 11.5 Å². The summed E-state index contributed by atoms with van der Waals surface area (Å²) < 4.78 is 23.8. The van der Waals surface area contributed by atoms with E-state index in [0.29, 0.717) is 12.9 Å². The molecule has 0 saturated carbocycles. The Kier molecular flexibility index (Phi) is 4.76. The largest absolute Gasteiger partial charge is 0.493 e. The average Bonchev–Trinajstić information content (AvgIpc) is 2.30. The van der Waals surface area contributed by atoms with Crippen molar-refractivity contribution in [3.05, 3.63) is 23.5 Å². The predicted octanol–water partition coefficient (Wildman–Crippen LogP) is 2.83. The first-order valence-corrected chi connectivity index (χ1v) is 5.18. The predicted molar refractivity (Wildman–Crippen MR) is 58.7 cm³/mol. The van der Waals surface area contributed by atoms with Crippen molar-refractivity contribution >= 4 is 6.29 Å². The van der Waals surface area contributed by atoms with Gasteiger partial charge in [0.1, 0.15) is 6.29 Å². The van der Waals surface area contributed by atoms with E-state index in [1.165, 1.54) is 13.2 Å². The third kappa shape index (κ3) is 2.95. The number of carbonyl (C=O) groups is 1. The normalized spacial score (nSPS) is 9.94. The first-order valence-electron chi connectivity index (χ1n) is 5.18. The Labute approximate surface area is 94.2 Å². The van der Waals surface area contributed by atoms with E-state index in [1.807, 2.05) is 6.92 Å². The summed E-state index contributed by atoms with van der Waals surface area (Å²) in [4.78, 5) is 10.5. The van der Waals surface area contributed by atoms with Crippen molar-refractivity contribution in [3.8, 4) is 11.5 Å². The van der Waals surface area contributed by atoms with Crippen LogP contribution < -0.4 is 9.47 Å². The van der Waals surface area contributed by atoms with E-state index < -0.39 is 5.82 Å². The number of carbonyl (C=O) groups excluding carboxylic acids is 1. The molecule has 88 valence electrons. The lowest BCUT2D eigenvalue weighted by Crippen LogP contribution is -2.02. The molecule has 0 saturated heterocycles. The van der Waals surface area contributed by atoms with Crippen LogP contribution in [0.25, 0.3) is 0 Å². The Morgan fingerprint density at radius 2 is 2.19 bits per heavy atom. The van der Waals surface area contributed by atoms with Crippen LogP contribution in [-0.4, -0.2) is 20.0 Å². The minimum Gasteiger partial charge on any atom is -0.493 e. The second kappa shape index (κ2) is 6.10. The average molecular weight is 226 g/mol. The lowest BCUT2D eigenvalue weighted by Gasteiger charge is -2.11. The Balaban J connectivity index is 2.92. The van der Waals surface area contributed by atoms with Gasteiger partial charge in [0, 0.05) is 5.56 Å². The number of rotatable bonds is 6. The first kappa shape index (κ1) is 12.5. The third-order valence-corrected chi connectivity index (χ3v) is 2.13. The molecule has 3 nitrogen and oxygen atoms in total. The van der Waals surface area contributed by atoms with Gasteiger partial charge in [-0.3, -0.25) is 4.79 Å². The van der Waals surface area contributed by atoms with Gasteiger partial charge in [0.2, 0.25) is 0 Å². The van der Waals surface area contributed by atoms with Gasteiger partial charge < -0.3 is 9.47 Å². The highest BCUT2D eigenvalue weighted by Gasteiger charge is 2.12. The van der Waals surface area contributed by atoms with E-state index in [0.717, 1.165) is 18.9 Å². The topological polar surface area (TPSA) is 35.5 Å². The van der Waals surface area contributed by atoms with Gasteiger partial charge in [0.25, 0.3) is 0 Å². The number of aldehydes is 1. The number of ether oxygens (including phenoxy) is 2. The van der Waals surface area contributed by atoms with Gasteiger partial charge in [-0.1, -0.05) is 13.3 Å². The molecule has 0 N–H and O–H groups in total. The van der Waals surface area contributed by atoms with Gasteiger partial charge in [-0.25, -0.2) is 4.39 Å². The number of halogens is 1. The fourth-order valence-corrected chi connectivity index (χ4v) is 1.27. The van der Waals surface area contributed by atoms with Crippen LogP contribution in [0.2, 0.25) is 0 Å². The maximum absolute atomic E-state index is 13.5. The number of hydrogen-bond donors (Lipinski definition) is 0. The van der Waals surface area contributed by atoms with Gasteiger partial charge in [-0.05, 0) is 18.6 Å². The second-order valence-electron chi connectivity index (χ2n) is 3.35. The van der Waals surface area contributed by atoms with Crippen molar-refractivity contribution in [1.29, 1.82) is 0 Å². The van der Waals surface area contributed by atoms with Gasteiger partial charge in [0.15, 0.2) is 17.3 Å². The van der Waals surface area contributed by atoms with Crippen molar-refractivity contribution in [2.24, 2.45) is 0 Å². The lowest BCUT2D eigenvalue weighted by molar-refractivity contribution is 0.112. The van der Waals surface area contributed by atoms with Crippen LogP contribution in [0, 0.1) is 5.82 Å². The van der Waals surface area contributed by atoms with Crippen molar-refractivity contribution in [2.75, 3.05) is 13.7 Å². The summed E-state index contributed by atoms with van der Waals surface area (Å²) >= 11 is 0. The summed E-state index contributed by atoms with van der Waals surface area (Å²) in [5.41, 5.74) is 0.234. The van der Waals surface area contributed by atoms with Crippen LogP contribution in [-0.2, 0) is 0 Å². The van der Waals surface area contributed by atoms with E-state index in [-0.39, 0.29) is 17.1 Å². The Morgan fingerprint density at radius 1 is 1.44 bits per heavy atom. The zero-order chi connectivity index (χ0) is 12.0. The van der Waals surface area contributed by atoms with Gasteiger partial charge >= 0.3 is 0 Å². The molecule has 0 fully saturated rings. The molecular weight excluding hydrogens is 211 g/mol. The fraction of sp³-hybridized carbons (Fsp3) is 0.417. The molecule has 0 atom stereocenters. The van der Waals surface area contributed by atoms with Gasteiger partial charge in [-0.15, -0.1) is 0 Å². The van der Waals surface area contributed by atoms with E-state index in [9.17, 15) is 9.18 Å². The summed E-state index contributed by atoms with van der Waals surface area (Å²) in [6, 6.07) is 2.59. The molecule has 0 spiro atoms. The molecule has 0 aliphatic heterocycles. The number of unbranched alkanes of at least 4 members (excludes halogenated alkanes) is 1. The molecule has 0 unspecified atom stereocenters. The van der Waals surface area contributed by atoms with Crippen LogP contribution in [0.1, 0.15) is 30.1 Å². The van der Waals surface area contributed by atoms with Gasteiger partial charge in [0.05, 0.1) is 13.7 Å². The molecule has 0 amide bonds. The molecule has 0 bridgehead atoms. The SMILES string of the molecule is CCCCOc1c(F)cc(C=O)cc1OC. The van der Waals surface area contributed by atoms with Crippen LogP contribution in [0.4, 0.5) is 4.39 Å². The number of hydrogen-bond acceptors (Lipinski definition) is 3. The number of benzene rings is 1. The Bertz CT molecular complexity index is 364. The zero-order valence-corrected chi connectivity index (χ0v) is 9.46. The molecule has 0 aliphatic carbocycles. The third-order valence-electron chi connectivity index (χ3n) is 2.13. The molecule has 4 heteroatoms. The molecule has 1 aromatic rings. The molecule has 1 aromatic carbocycles. The van der Waals surface area contributed by atoms with Crippen LogP contribution in [0.3, 0.4) is 0 Å². The fourth-order valence-electron chi connectivity index (χ4n) is 1.27. The van der Waals surface area contributed by atoms with E-state index in [2.05, 4.69) is 0 Å². The smallest absolute Gasteiger partial charge is 0.197 e. The summed E-state index contributed by atoms with van der Waals surface area (Å²) in [7, 11) is 1.41. The molecule has 1 rings (SSSR count). The molecular formula is C12H15FO3. The van der Waals surface area contributed by atoms with Crippen molar-refractivity contribution in [2.45, 2.75) is 19.8 Å². The molecule has 0 heterocycles. The maximum atomic E-state index is 13.5. The van der Waals surface area contributed by atoms with E-state index in [1.54, 1.807) is 0 Å². The highest BCUT2D eigenvalue weighted by molar-refractivity contribution is 5.76. The van der Waals surface area contributed by atoms with Crippen LogP contribution >= 0.6 is 0 Å². The summed E-state index contributed by atoms with van der Waals surface area (Å²) in [6.07, 6.45) is 2.38. The molecule has 0 aromatic heterocycles. The van der Waals surface area contributed by atoms with Crippen molar-refractivity contribution in [3.63, 3.8) is 0 Å². The molecule has 0 radical (unpaired) electrons. The summed E-state index contributed by atoms with van der Waals surface area (Å²) in [5, 5.41) is 0. The van der Waals surface area contributed by atoms with E-state index >= 15 is 0 Å². The molecule has 0 aliphatic rings. The minimum absolute atomic E-state index is 0.0709. The summed E-state index contributed by atoms with van der Waals surface area (Å²) in [5.74, 6) is -0.252. The Hall–Kier alpha value is -1.58. The zero-order valence-electron chi connectivity index (χ0n) is 9.46.